The van der Waals surface area contributed by atoms with E-state index in [1.165, 1.54) is 0 Å². The number of ether oxygens (including phenoxy) is 4. The molecule has 0 amide bonds. The first-order valence-electron chi connectivity index (χ1n) is 7.35. The van der Waals surface area contributed by atoms with Crippen molar-refractivity contribution in [2.24, 2.45) is 11.8 Å². The van der Waals surface area contributed by atoms with Crippen LogP contribution >= 0.6 is 23.2 Å². The van der Waals surface area contributed by atoms with Crippen molar-refractivity contribution in [2.45, 2.75) is 51.0 Å². The molecule has 6 heteroatoms. The normalized spacial score (nSPS) is 21.1. The van der Waals surface area contributed by atoms with Crippen molar-refractivity contribution in [3.63, 3.8) is 0 Å². The SMILES string of the molecule is CCOC(OCC)C(C(OCC)OCC)C1CC1(Cl)Cl. The van der Waals surface area contributed by atoms with Crippen molar-refractivity contribution >= 4 is 23.2 Å². The predicted molar refractivity (Wildman–Crippen MR) is 80.1 cm³/mol. The molecule has 4 nitrogen and oxygen atoms in total. The van der Waals surface area contributed by atoms with Crippen LogP contribution in [0.15, 0.2) is 0 Å². The first-order valence-corrected chi connectivity index (χ1v) is 8.11. The molecule has 0 heterocycles. The monoisotopic (exact) mass is 328 g/mol. The van der Waals surface area contributed by atoms with Gasteiger partial charge in [-0.2, -0.15) is 0 Å². The van der Waals surface area contributed by atoms with Crippen LogP contribution in [0.25, 0.3) is 0 Å². The van der Waals surface area contributed by atoms with E-state index >= 15 is 0 Å². The van der Waals surface area contributed by atoms with Gasteiger partial charge in [0.15, 0.2) is 12.6 Å². The third kappa shape index (κ3) is 5.00. The van der Waals surface area contributed by atoms with E-state index in [4.69, 9.17) is 42.1 Å². The lowest BCUT2D eigenvalue weighted by atomic mass is 10.0. The molecule has 0 saturated heterocycles. The van der Waals surface area contributed by atoms with Gasteiger partial charge in [0.1, 0.15) is 4.33 Å². The van der Waals surface area contributed by atoms with E-state index in [0.717, 1.165) is 0 Å². The Bertz CT molecular complexity index is 248. The van der Waals surface area contributed by atoms with Crippen molar-refractivity contribution in [1.29, 1.82) is 0 Å². The van der Waals surface area contributed by atoms with Gasteiger partial charge in [-0.25, -0.2) is 0 Å². The van der Waals surface area contributed by atoms with Gasteiger partial charge in [-0.1, -0.05) is 0 Å². The number of hydrogen-bond donors (Lipinski definition) is 0. The van der Waals surface area contributed by atoms with Crippen LogP contribution in [0.1, 0.15) is 34.1 Å². The van der Waals surface area contributed by atoms with Crippen molar-refractivity contribution in [2.75, 3.05) is 26.4 Å². The van der Waals surface area contributed by atoms with Gasteiger partial charge in [0.25, 0.3) is 0 Å². The highest BCUT2D eigenvalue weighted by Crippen LogP contribution is 2.59. The zero-order chi connectivity index (χ0) is 15.2. The molecular weight excluding hydrogens is 303 g/mol. The minimum absolute atomic E-state index is 0.0528. The summed E-state index contributed by atoms with van der Waals surface area (Å²) in [7, 11) is 0. The van der Waals surface area contributed by atoms with Crippen molar-refractivity contribution in [1.82, 2.24) is 0 Å². The molecule has 0 bridgehead atoms. The van der Waals surface area contributed by atoms with E-state index in [0.29, 0.717) is 32.8 Å². The van der Waals surface area contributed by atoms with Gasteiger partial charge in [-0.15, -0.1) is 23.2 Å². The summed E-state index contributed by atoms with van der Waals surface area (Å²) in [4.78, 5) is 0. The molecule has 0 aliphatic heterocycles. The molecule has 1 aliphatic carbocycles. The van der Waals surface area contributed by atoms with Crippen LogP contribution in [-0.2, 0) is 18.9 Å². The van der Waals surface area contributed by atoms with Gasteiger partial charge >= 0.3 is 0 Å². The maximum Gasteiger partial charge on any atom is 0.165 e. The van der Waals surface area contributed by atoms with E-state index in [2.05, 4.69) is 0 Å². The Morgan fingerprint density at radius 1 is 0.850 bits per heavy atom. The van der Waals surface area contributed by atoms with Crippen LogP contribution in [0, 0.1) is 11.8 Å². The van der Waals surface area contributed by atoms with Gasteiger partial charge in [-0.05, 0) is 34.1 Å². The van der Waals surface area contributed by atoms with Gasteiger partial charge in [0, 0.05) is 32.3 Å². The largest absolute Gasteiger partial charge is 0.352 e. The van der Waals surface area contributed by atoms with E-state index < -0.39 is 16.9 Å². The summed E-state index contributed by atoms with van der Waals surface area (Å²) >= 11 is 12.5. The molecule has 1 aliphatic rings. The zero-order valence-electron chi connectivity index (χ0n) is 12.7. The third-order valence-electron chi connectivity index (χ3n) is 3.29. The molecule has 1 fully saturated rings. The third-order valence-corrected chi connectivity index (χ3v) is 4.16. The quantitative estimate of drug-likeness (QED) is 0.429. The molecule has 0 aromatic heterocycles. The fourth-order valence-corrected chi connectivity index (χ4v) is 2.98. The van der Waals surface area contributed by atoms with Crippen molar-refractivity contribution < 1.29 is 18.9 Å². The summed E-state index contributed by atoms with van der Waals surface area (Å²) < 4.78 is 22.1. The number of rotatable bonds is 11. The molecule has 1 unspecified atom stereocenters. The summed E-state index contributed by atoms with van der Waals surface area (Å²) in [6.45, 7) is 9.93. The molecule has 1 atom stereocenters. The summed E-state index contributed by atoms with van der Waals surface area (Å²) in [6, 6.07) is 0. The molecular formula is C14H26Cl2O4. The lowest BCUT2D eigenvalue weighted by Crippen LogP contribution is -2.41. The van der Waals surface area contributed by atoms with Crippen molar-refractivity contribution in [3.05, 3.63) is 0 Å². The number of hydrogen-bond acceptors (Lipinski definition) is 4. The van der Waals surface area contributed by atoms with E-state index in [1.807, 2.05) is 27.7 Å². The first-order chi connectivity index (χ1) is 9.51. The molecule has 120 valence electrons. The van der Waals surface area contributed by atoms with E-state index in [1.54, 1.807) is 0 Å². The summed E-state index contributed by atoms with van der Waals surface area (Å²) in [5, 5.41) is 0. The Balaban J connectivity index is 2.86. The van der Waals surface area contributed by atoms with Gasteiger partial charge in [0.05, 0.1) is 5.92 Å². The smallest absolute Gasteiger partial charge is 0.165 e. The molecule has 20 heavy (non-hydrogen) atoms. The minimum atomic E-state index is -0.733. The van der Waals surface area contributed by atoms with E-state index in [-0.39, 0.29) is 11.8 Å². The van der Waals surface area contributed by atoms with Crippen molar-refractivity contribution in [3.8, 4) is 0 Å². The Morgan fingerprint density at radius 2 is 1.15 bits per heavy atom. The van der Waals surface area contributed by atoms with Gasteiger partial charge in [-0.3, -0.25) is 0 Å². The average Bonchev–Trinajstić information content (AvgIpc) is 2.99. The van der Waals surface area contributed by atoms with Gasteiger partial charge < -0.3 is 18.9 Å². The zero-order valence-corrected chi connectivity index (χ0v) is 14.2. The molecule has 0 N–H and O–H groups in total. The second-order valence-electron chi connectivity index (χ2n) is 4.71. The maximum atomic E-state index is 6.23. The highest BCUT2D eigenvalue weighted by Gasteiger charge is 2.60. The van der Waals surface area contributed by atoms with Crippen LogP contribution in [0.5, 0.6) is 0 Å². The summed E-state index contributed by atoms with van der Waals surface area (Å²) in [5.74, 6) is -0.0816. The maximum absolute atomic E-state index is 6.23. The van der Waals surface area contributed by atoms with Crippen LogP contribution in [0.3, 0.4) is 0 Å². The molecule has 0 aromatic carbocycles. The average molecular weight is 329 g/mol. The Labute approximate surface area is 132 Å². The van der Waals surface area contributed by atoms with Crippen LogP contribution in [0.2, 0.25) is 0 Å². The highest BCUT2D eigenvalue weighted by molar-refractivity contribution is 6.50. The van der Waals surface area contributed by atoms with Crippen LogP contribution in [-0.4, -0.2) is 43.3 Å². The second kappa shape index (κ2) is 8.76. The second-order valence-corrected chi connectivity index (χ2v) is 6.25. The molecule has 0 aromatic rings. The Morgan fingerprint density at radius 3 is 1.35 bits per heavy atom. The summed E-state index contributed by atoms with van der Waals surface area (Å²) in [6.07, 6.45) is -0.136. The standard InChI is InChI=1S/C14H26Cl2O4/c1-5-17-12(18-6-2)11(10-9-14(10,15)16)13(19-7-3)20-8-4/h10-13H,5-9H2,1-4H3. The molecule has 1 saturated carbocycles. The van der Waals surface area contributed by atoms with Crippen LogP contribution in [0.4, 0.5) is 0 Å². The molecule has 1 rings (SSSR count). The number of halogens is 2. The highest BCUT2D eigenvalue weighted by atomic mass is 35.5. The van der Waals surface area contributed by atoms with Crippen LogP contribution < -0.4 is 0 Å². The Hall–Kier alpha value is 0.420. The lowest BCUT2D eigenvalue weighted by molar-refractivity contribution is -0.252. The van der Waals surface area contributed by atoms with Gasteiger partial charge in [0.2, 0.25) is 0 Å². The Kier molecular flexibility index (Phi) is 8.09. The first kappa shape index (κ1) is 18.5. The predicted octanol–water partition coefficient (Wildman–Crippen LogP) is 3.59. The lowest BCUT2D eigenvalue weighted by Gasteiger charge is -2.33. The topological polar surface area (TPSA) is 36.9 Å². The van der Waals surface area contributed by atoms with E-state index in [9.17, 15) is 0 Å². The molecule has 0 radical (unpaired) electrons. The fraction of sp³-hybridized carbons (Fsp3) is 1.00. The fourth-order valence-electron chi connectivity index (χ4n) is 2.36. The summed E-state index contributed by atoms with van der Waals surface area (Å²) in [5.41, 5.74) is 0. The number of alkyl halides is 2. The minimum Gasteiger partial charge on any atom is -0.352 e. The molecule has 0 spiro atoms.